The van der Waals surface area contributed by atoms with E-state index < -0.39 is 0 Å². The largest absolute Gasteiger partial charge is 0.507 e. The lowest BCUT2D eigenvalue weighted by Gasteiger charge is -2.05. The van der Waals surface area contributed by atoms with Crippen molar-refractivity contribution < 1.29 is 14.6 Å². The van der Waals surface area contributed by atoms with Crippen LogP contribution in [0.15, 0.2) is 47.6 Å². The molecule has 0 aliphatic rings. The van der Waals surface area contributed by atoms with Gasteiger partial charge in [-0.2, -0.15) is 5.10 Å². The third-order valence-electron chi connectivity index (χ3n) is 2.79. The molecule has 2 aromatic carbocycles. The van der Waals surface area contributed by atoms with Gasteiger partial charge in [0.2, 0.25) is 0 Å². The zero-order chi connectivity index (χ0) is 15.9. The third-order valence-corrected chi connectivity index (χ3v) is 3.51. The minimum Gasteiger partial charge on any atom is -0.507 e. The van der Waals surface area contributed by atoms with Crippen LogP contribution in [0.25, 0.3) is 0 Å². The second kappa shape index (κ2) is 7.79. The highest BCUT2D eigenvalue weighted by molar-refractivity contribution is 14.1. The Balaban J connectivity index is 2.04. The van der Waals surface area contributed by atoms with Gasteiger partial charge in [0.15, 0.2) is 0 Å². The van der Waals surface area contributed by atoms with E-state index in [9.17, 15) is 9.90 Å². The van der Waals surface area contributed by atoms with E-state index in [0.29, 0.717) is 23.5 Å². The number of nitrogens with zero attached hydrogens (tertiary/aromatic N) is 1. The highest BCUT2D eigenvalue weighted by atomic mass is 127. The second-order valence-corrected chi connectivity index (χ2v) is 5.61. The molecule has 5 nitrogen and oxygen atoms in total. The maximum atomic E-state index is 11.9. The van der Waals surface area contributed by atoms with Crippen LogP contribution in [-0.4, -0.2) is 23.8 Å². The third kappa shape index (κ3) is 4.45. The monoisotopic (exact) mass is 410 g/mol. The summed E-state index contributed by atoms with van der Waals surface area (Å²) in [6.45, 7) is 2.41. The van der Waals surface area contributed by atoms with E-state index in [1.54, 1.807) is 24.3 Å². The SMILES string of the molecule is CCOc1ccc(O)c(/C=N\NC(=O)c2ccc(I)cc2)c1. The standard InChI is InChI=1S/C16H15IN2O3/c1-2-22-14-7-8-15(20)12(9-14)10-18-19-16(21)11-3-5-13(17)6-4-11/h3-10,20H,2H2,1H3,(H,19,21)/b18-10-. The van der Waals surface area contributed by atoms with E-state index in [2.05, 4.69) is 33.1 Å². The summed E-state index contributed by atoms with van der Waals surface area (Å²) in [5, 5.41) is 13.6. The number of rotatable bonds is 5. The Morgan fingerprint density at radius 1 is 1.32 bits per heavy atom. The number of amides is 1. The fraction of sp³-hybridized carbons (Fsp3) is 0.125. The topological polar surface area (TPSA) is 70.9 Å². The molecule has 114 valence electrons. The molecular formula is C16H15IN2O3. The lowest BCUT2D eigenvalue weighted by Crippen LogP contribution is -2.17. The number of hydrogen-bond donors (Lipinski definition) is 2. The normalized spacial score (nSPS) is 10.6. The van der Waals surface area contributed by atoms with Crippen LogP contribution in [0.2, 0.25) is 0 Å². The van der Waals surface area contributed by atoms with Gasteiger partial charge in [0.25, 0.3) is 5.91 Å². The molecule has 2 rings (SSSR count). The first kappa shape index (κ1) is 16.3. The number of carbonyl (C=O) groups excluding carboxylic acids is 1. The number of phenols is 1. The molecule has 0 spiro atoms. The van der Waals surface area contributed by atoms with Gasteiger partial charge >= 0.3 is 0 Å². The van der Waals surface area contributed by atoms with Crippen LogP contribution in [0.1, 0.15) is 22.8 Å². The van der Waals surface area contributed by atoms with Crippen molar-refractivity contribution in [1.82, 2.24) is 5.43 Å². The van der Waals surface area contributed by atoms with Gasteiger partial charge < -0.3 is 9.84 Å². The molecule has 0 aliphatic heterocycles. The van der Waals surface area contributed by atoms with Gasteiger partial charge in [-0.1, -0.05) is 0 Å². The molecular weight excluding hydrogens is 395 g/mol. The smallest absolute Gasteiger partial charge is 0.271 e. The summed E-state index contributed by atoms with van der Waals surface area (Å²) in [5.41, 5.74) is 3.41. The van der Waals surface area contributed by atoms with Crippen molar-refractivity contribution in [1.29, 1.82) is 0 Å². The van der Waals surface area contributed by atoms with Crippen LogP contribution >= 0.6 is 22.6 Å². The summed E-state index contributed by atoms with van der Waals surface area (Å²) >= 11 is 2.17. The number of hydrogen-bond acceptors (Lipinski definition) is 4. The van der Waals surface area contributed by atoms with Gasteiger partial charge in [0, 0.05) is 14.7 Å². The van der Waals surface area contributed by atoms with Crippen molar-refractivity contribution in [2.24, 2.45) is 5.10 Å². The van der Waals surface area contributed by atoms with E-state index in [1.165, 1.54) is 12.3 Å². The molecule has 0 saturated heterocycles. The maximum absolute atomic E-state index is 11.9. The summed E-state index contributed by atoms with van der Waals surface area (Å²) in [6.07, 6.45) is 1.38. The lowest BCUT2D eigenvalue weighted by molar-refractivity contribution is 0.0955. The van der Waals surface area contributed by atoms with Gasteiger partial charge in [-0.3, -0.25) is 4.79 Å². The van der Waals surface area contributed by atoms with Gasteiger partial charge in [-0.05, 0) is 72.0 Å². The number of halogens is 1. The maximum Gasteiger partial charge on any atom is 0.271 e. The molecule has 0 aliphatic carbocycles. The quantitative estimate of drug-likeness (QED) is 0.452. The first-order valence-corrected chi connectivity index (χ1v) is 7.73. The van der Waals surface area contributed by atoms with E-state index in [-0.39, 0.29) is 11.7 Å². The molecule has 0 fully saturated rings. The molecule has 0 saturated carbocycles. The first-order chi connectivity index (χ1) is 10.6. The number of benzene rings is 2. The first-order valence-electron chi connectivity index (χ1n) is 6.65. The van der Waals surface area contributed by atoms with Gasteiger partial charge in [0.1, 0.15) is 11.5 Å². The fourth-order valence-corrected chi connectivity index (χ4v) is 2.08. The number of carbonyl (C=O) groups is 1. The summed E-state index contributed by atoms with van der Waals surface area (Å²) < 4.78 is 6.40. The summed E-state index contributed by atoms with van der Waals surface area (Å²) in [5.74, 6) is 0.384. The Bertz CT molecular complexity index is 684. The predicted octanol–water partition coefficient (Wildman–Crippen LogP) is 3.16. The Kier molecular flexibility index (Phi) is 5.76. The zero-order valence-corrected chi connectivity index (χ0v) is 14.1. The Morgan fingerprint density at radius 3 is 2.73 bits per heavy atom. The Morgan fingerprint density at radius 2 is 2.05 bits per heavy atom. The number of phenolic OH excluding ortho intramolecular Hbond substituents is 1. The fourth-order valence-electron chi connectivity index (χ4n) is 1.72. The molecule has 0 bridgehead atoms. The average Bonchev–Trinajstić information content (AvgIpc) is 2.51. The van der Waals surface area contributed by atoms with Crippen LogP contribution in [0, 0.1) is 3.57 Å². The minimum atomic E-state index is -0.312. The minimum absolute atomic E-state index is 0.0655. The van der Waals surface area contributed by atoms with Crippen LogP contribution in [-0.2, 0) is 0 Å². The van der Waals surface area contributed by atoms with Crippen molar-refractivity contribution >= 4 is 34.7 Å². The van der Waals surface area contributed by atoms with Crippen molar-refractivity contribution in [2.75, 3.05) is 6.61 Å². The van der Waals surface area contributed by atoms with Crippen LogP contribution in [0.3, 0.4) is 0 Å². The molecule has 6 heteroatoms. The number of ether oxygens (including phenoxy) is 1. The number of nitrogens with one attached hydrogen (secondary N) is 1. The van der Waals surface area contributed by atoms with E-state index >= 15 is 0 Å². The van der Waals surface area contributed by atoms with Crippen LogP contribution < -0.4 is 10.2 Å². The highest BCUT2D eigenvalue weighted by Crippen LogP contribution is 2.21. The van der Waals surface area contributed by atoms with Crippen LogP contribution in [0.4, 0.5) is 0 Å². The summed E-state index contributed by atoms with van der Waals surface area (Å²) in [4.78, 5) is 11.9. The van der Waals surface area contributed by atoms with Gasteiger partial charge in [-0.15, -0.1) is 0 Å². The molecule has 22 heavy (non-hydrogen) atoms. The number of hydrazone groups is 1. The number of aromatic hydroxyl groups is 1. The highest BCUT2D eigenvalue weighted by Gasteiger charge is 2.04. The Labute approximate surface area is 142 Å². The van der Waals surface area contributed by atoms with Crippen molar-refractivity contribution in [3.63, 3.8) is 0 Å². The van der Waals surface area contributed by atoms with E-state index in [0.717, 1.165) is 3.57 Å². The predicted molar refractivity (Wildman–Crippen MR) is 93.5 cm³/mol. The summed E-state index contributed by atoms with van der Waals surface area (Å²) in [7, 11) is 0. The second-order valence-electron chi connectivity index (χ2n) is 4.36. The molecule has 0 radical (unpaired) electrons. The van der Waals surface area contributed by atoms with Crippen molar-refractivity contribution in [3.05, 3.63) is 57.2 Å². The van der Waals surface area contributed by atoms with E-state index in [4.69, 9.17) is 4.74 Å². The average molecular weight is 410 g/mol. The van der Waals surface area contributed by atoms with Crippen molar-refractivity contribution in [3.8, 4) is 11.5 Å². The van der Waals surface area contributed by atoms with E-state index in [1.807, 2.05) is 19.1 Å². The Hall–Kier alpha value is -2.09. The molecule has 2 aromatic rings. The van der Waals surface area contributed by atoms with Crippen LogP contribution in [0.5, 0.6) is 11.5 Å². The molecule has 0 aromatic heterocycles. The summed E-state index contributed by atoms with van der Waals surface area (Å²) in [6, 6.07) is 12.0. The molecule has 1 amide bonds. The molecule has 0 atom stereocenters. The molecule has 2 N–H and O–H groups in total. The van der Waals surface area contributed by atoms with Gasteiger partial charge in [0.05, 0.1) is 12.8 Å². The van der Waals surface area contributed by atoms with Crippen molar-refractivity contribution in [2.45, 2.75) is 6.92 Å². The van der Waals surface area contributed by atoms with Gasteiger partial charge in [-0.25, -0.2) is 5.43 Å². The zero-order valence-electron chi connectivity index (χ0n) is 11.9. The molecule has 0 heterocycles. The molecule has 0 unspecified atom stereocenters. The lowest BCUT2D eigenvalue weighted by atomic mass is 10.2.